The van der Waals surface area contributed by atoms with Crippen LogP contribution in [0.25, 0.3) is 0 Å². The molecule has 2 unspecified atom stereocenters. The first-order valence-corrected chi connectivity index (χ1v) is 5.83. The molecule has 1 saturated carbocycles. The molecule has 0 bridgehead atoms. The number of nitrogens with zero attached hydrogens (tertiary/aromatic N) is 2. The van der Waals surface area contributed by atoms with Crippen molar-refractivity contribution in [3.63, 3.8) is 0 Å². The fraction of sp³-hybridized carbons (Fsp3) is 1.00. The Balaban J connectivity index is 1.82. The molecule has 0 aromatic heterocycles. The van der Waals surface area contributed by atoms with Gasteiger partial charge in [0, 0.05) is 24.7 Å². The maximum absolute atomic E-state index is 6.03. The van der Waals surface area contributed by atoms with Crippen LogP contribution in [-0.4, -0.2) is 55.1 Å². The summed E-state index contributed by atoms with van der Waals surface area (Å²) in [6, 6.07) is 2.08. The topological polar surface area (TPSA) is 32.5 Å². The lowest BCUT2D eigenvalue weighted by atomic mass is 10.1. The first-order chi connectivity index (χ1) is 6.66. The van der Waals surface area contributed by atoms with Gasteiger partial charge < -0.3 is 10.6 Å². The van der Waals surface area contributed by atoms with E-state index >= 15 is 0 Å². The molecule has 2 aliphatic rings. The second-order valence-corrected chi connectivity index (χ2v) is 5.17. The summed E-state index contributed by atoms with van der Waals surface area (Å²) in [4.78, 5) is 4.93. The molecule has 2 N–H and O–H groups in total. The van der Waals surface area contributed by atoms with E-state index in [1.54, 1.807) is 0 Å². The van der Waals surface area contributed by atoms with E-state index in [4.69, 9.17) is 5.73 Å². The van der Waals surface area contributed by atoms with Gasteiger partial charge >= 0.3 is 0 Å². The van der Waals surface area contributed by atoms with Crippen molar-refractivity contribution in [3.05, 3.63) is 0 Å². The SMILES string of the molecule is CN(C)CCC1CC(N)CN1C1CC1. The van der Waals surface area contributed by atoms with Gasteiger partial charge in [0.15, 0.2) is 0 Å². The van der Waals surface area contributed by atoms with Gasteiger partial charge in [-0.3, -0.25) is 4.90 Å². The first-order valence-electron chi connectivity index (χ1n) is 5.83. The van der Waals surface area contributed by atoms with Crippen LogP contribution in [0.4, 0.5) is 0 Å². The van der Waals surface area contributed by atoms with E-state index in [2.05, 4.69) is 23.9 Å². The Kier molecular flexibility index (Phi) is 3.10. The normalized spacial score (nSPS) is 34.3. The fourth-order valence-electron chi connectivity index (χ4n) is 2.52. The lowest BCUT2D eigenvalue weighted by molar-refractivity contribution is 0.216. The molecule has 2 fully saturated rings. The zero-order valence-electron chi connectivity index (χ0n) is 9.45. The summed E-state index contributed by atoms with van der Waals surface area (Å²) in [5, 5.41) is 0. The Morgan fingerprint density at radius 1 is 1.36 bits per heavy atom. The van der Waals surface area contributed by atoms with Crippen LogP contribution in [0, 0.1) is 0 Å². The van der Waals surface area contributed by atoms with Gasteiger partial charge in [0.05, 0.1) is 0 Å². The van der Waals surface area contributed by atoms with Crippen LogP contribution in [0.15, 0.2) is 0 Å². The molecule has 0 spiro atoms. The highest BCUT2D eigenvalue weighted by molar-refractivity contribution is 4.96. The first kappa shape index (κ1) is 10.4. The fourth-order valence-corrected chi connectivity index (χ4v) is 2.52. The van der Waals surface area contributed by atoms with Crippen LogP contribution in [0.5, 0.6) is 0 Å². The summed E-state index contributed by atoms with van der Waals surface area (Å²) in [5.41, 5.74) is 6.03. The van der Waals surface area contributed by atoms with E-state index in [0.717, 1.165) is 18.6 Å². The minimum absolute atomic E-state index is 0.433. The van der Waals surface area contributed by atoms with Gasteiger partial charge in [-0.05, 0) is 46.3 Å². The Morgan fingerprint density at radius 2 is 2.07 bits per heavy atom. The molecule has 0 amide bonds. The van der Waals surface area contributed by atoms with E-state index in [-0.39, 0.29) is 0 Å². The molecule has 0 aromatic carbocycles. The number of hydrogen-bond acceptors (Lipinski definition) is 3. The zero-order valence-corrected chi connectivity index (χ0v) is 9.45. The van der Waals surface area contributed by atoms with Crippen LogP contribution < -0.4 is 5.73 Å². The van der Waals surface area contributed by atoms with Crippen molar-refractivity contribution in [2.24, 2.45) is 5.73 Å². The third kappa shape index (κ3) is 2.47. The minimum atomic E-state index is 0.433. The molecule has 1 heterocycles. The van der Waals surface area contributed by atoms with Crippen LogP contribution in [-0.2, 0) is 0 Å². The molecule has 1 aliphatic carbocycles. The molecular formula is C11H23N3. The molecule has 14 heavy (non-hydrogen) atoms. The van der Waals surface area contributed by atoms with Gasteiger partial charge in [-0.25, -0.2) is 0 Å². The summed E-state index contributed by atoms with van der Waals surface area (Å²) in [7, 11) is 4.30. The zero-order chi connectivity index (χ0) is 10.1. The molecule has 0 radical (unpaired) electrons. The van der Waals surface area contributed by atoms with Crippen LogP contribution in [0.2, 0.25) is 0 Å². The Bertz CT molecular complexity index is 189. The summed E-state index contributed by atoms with van der Waals surface area (Å²) < 4.78 is 0. The van der Waals surface area contributed by atoms with Crippen molar-refractivity contribution in [2.45, 2.75) is 43.8 Å². The second kappa shape index (κ2) is 4.17. The smallest absolute Gasteiger partial charge is 0.0183 e. The number of likely N-dealkylation sites (tertiary alicyclic amines) is 1. The van der Waals surface area contributed by atoms with Crippen molar-refractivity contribution in [3.8, 4) is 0 Å². The standard InChI is InChI=1S/C11H23N3/c1-13(2)6-5-11-7-9(12)8-14(11)10-3-4-10/h9-11H,3-8,12H2,1-2H3. The van der Waals surface area contributed by atoms with Crippen LogP contribution >= 0.6 is 0 Å². The summed E-state index contributed by atoms with van der Waals surface area (Å²) in [6.07, 6.45) is 5.32. The summed E-state index contributed by atoms with van der Waals surface area (Å²) in [5.74, 6) is 0. The van der Waals surface area contributed by atoms with Crippen LogP contribution in [0.3, 0.4) is 0 Å². The van der Waals surface area contributed by atoms with Gasteiger partial charge in [-0.15, -0.1) is 0 Å². The quantitative estimate of drug-likeness (QED) is 0.712. The second-order valence-electron chi connectivity index (χ2n) is 5.17. The van der Waals surface area contributed by atoms with Crippen LogP contribution in [0.1, 0.15) is 25.7 Å². The number of nitrogens with two attached hydrogens (primary N) is 1. The summed E-state index contributed by atoms with van der Waals surface area (Å²) >= 11 is 0. The minimum Gasteiger partial charge on any atom is -0.326 e. The highest BCUT2D eigenvalue weighted by Crippen LogP contribution is 2.34. The van der Waals surface area contributed by atoms with Gasteiger partial charge in [-0.2, -0.15) is 0 Å². The van der Waals surface area contributed by atoms with E-state index in [0.29, 0.717) is 6.04 Å². The third-order valence-electron chi connectivity index (χ3n) is 3.41. The van der Waals surface area contributed by atoms with E-state index in [1.165, 1.54) is 32.2 Å². The molecule has 3 heteroatoms. The molecular weight excluding hydrogens is 174 g/mol. The van der Waals surface area contributed by atoms with Crippen molar-refractivity contribution >= 4 is 0 Å². The Morgan fingerprint density at radius 3 is 2.64 bits per heavy atom. The molecule has 1 aliphatic heterocycles. The molecule has 2 rings (SSSR count). The molecule has 1 saturated heterocycles. The Hall–Kier alpha value is -0.120. The molecule has 3 nitrogen and oxygen atoms in total. The molecule has 2 atom stereocenters. The van der Waals surface area contributed by atoms with Gasteiger partial charge in [0.1, 0.15) is 0 Å². The van der Waals surface area contributed by atoms with Crippen molar-refractivity contribution < 1.29 is 0 Å². The van der Waals surface area contributed by atoms with Crippen molar-refractivity contribution in [1.29, 1.82) is 0 Å². The number of rotatable bonds is 4. The third-order valence-corrected chi connectivity index (χ3v) is 3.41. The largest absolute Gasteiger partial charge is 0.326 e. The molecule has 82 valence electrons. The van der Waals surface area contributed by atoms with E-state index < -0.39 is 0 Å². The Labute approximate surface area is 87.2 Å². The average molecular weight is 197 g/mol. The highest BCUT2D eigenvalue weighted by atomic mass is 15.2. The predicted molar refractivity (Wildman–Crippen MR) is 59.3 cm³/mol. The predicted octanol–water partition coefficient (Wildman–Crippen LogP) is 0.502. The average Bonchev–Trinajstić information content (AvgIpc) is 2.87. The maximum atomic E-state index is 6.03. The lowest BCUT2D eigenvalue weighted by Gasteiger charge is -2.25. The highest BCUT2D eigenvalue weighted by Gasteiger charge is 2.39. The molecule has 0 aromatic rings. The van der Waals surface area contributed by atoms with E-state index in [1.807, 2.05) is 0 Å². The van der Waals surface area contributed by atoms with E-state index in [9.17, 15) is 0 Å². The lowest BCUT2D eigenvalue weighted by Crippen LogP contribution is -2.34. The summed E-state index contributed by atoms with van der Waals surface area (Å²) in [6.45, 7) is 2.34. The maximum Gasteiger partial charge on any atom is 0.0183 e. The van der Waals surface area contributed by atoms with Gasteiger partial charge in [0.25, 0.3) is 0 Å². The van der Waals surface area contributed by atoms with Crippen molar-refractivity contribution in [2.75, 3.05) is 27.2 Å². The van der Waals surface area contributed by atoms with Crippen molar-refractivity contribution in [1.82, 2.24) is 9.80 Å². The van der Waals surface area contributed by atoms with Gasteiger partial charge in [0.2, 0.25) is 0 Å². The van der Waals surface area contributed by atoms with Gasteiger partial charge in [-0.1, -0.05) is 0 Å². The monoisotopic (exact) mass is 197 g/mol. The number of hydrogen-bond donors (Lipinski definition) is 1.